The summed E-state index contributed by atoms with van der Waals surface area (Å²) in [5.74, 6) is -0.373. The zero-order chi connectivity index (χ0) is 17.7. The molecule has 0 saturated carbocycles. The number of nitrogens with two attached hydrogens (primary N) is 1. The van der Waals surface area contributed by atoms with Crippen LogP contribution in [0, 0.1) is 0 Å². The first-order valence-electron chi connectivity index (χ1n) is 8.07. The molecule has 1 aromatic carbocycles. The van der Waals surface area contributed by atoms with Crippen LogP contribution in [0.5, 0.6) is 0 Å². The van der Waals surface area contributed by atoms with Crippen molar-refractivity contribution >= 4 is 17.8 Å². The molecule has 1 saturated heterocycles. The zero-order valence-electron chi connectivity index (χ0n) is 14.1. The van der Waals surface area contributed by atoms with Gasteiger partial charge in [0.05, 0.1) is 12.1 Å². The van der Waals surface area contributed by atoms with Gasteiger partial charge in [-0.25, -0.2) is 4.79 Å². The number of hydrogen-bond acceptors (Lipinski definition) is 4. The fourth-order valence-corrected chi connectivity index (χ4v) is 2.90. The Kier molecular flexibility index (Phi) is 5.92. The zero-order valence-corrected chi connectivity index (χ0v) is 14.1. The van der Waals surface area contributed by atoms with E-state index in [0.717, 1.165) is 10.5 Å². The van der Waals surface area contributed by atoms with Gasteiger partial charge in [-0.2, -0.15) is 0 Å². The predicted octanol–water partition coefficient (Wildman–Crippen LogP) is 0.865. The van der Waals surface area contributed by atoms with Crippen LogP contribution in [0.4, 0.5) is 4.79 Å². The van der Waals surface area contributed by atoms with Gasteiger partial charge in [-0.05, 0) is 12.5 Å². The maximum atomic E-state index is 12.3. The fourth-order valence-electron chi connectivity index (χ4n) is 2.90. The highest BCUT2D eigenvalue weighted by Crippen LogP contribution is 2.25. The van der Waals surface area contributed by atoms with Crippen molar-refractivity contribution in [1.82, 2.24) is 15.1 Å². The van der Waals surface area contributed by atoms with Crippen LogP contribution in [0.3, 0.4) is 0 Å². The van der Waals surface area contributed by atoms with Crippen molar-refractivity contribution in [2.75, 3.05) is 19.6 Å². The molecule has 1 fully saturated rings. The SMILES string of the molecule is CC(=O)N(CCN)C(=O)NC1CC(=O)N(C(C)c2ccccc2)C1. The number of urea groups is 1. The minimum Gasteiger partial charge on any atom is -0.334 e. The standard InChI is InChI=1S/C17H24N4O3/c1-12(14-6-4-3-5-7-14)21-11-15(10-16(21)23)19-17(24)20(9-8-18)13(2)22/h3-7,12,15H,8-11,18H2,1-2H3,(H,19,24). The minimum atomic E-state index is -0.500. The van der Waals surface area contributed by atoms with Gasteiger partial charge in [-0.1, -0.05) is 30.3 Å². The Labute approximate surface area is 141 Å². The van der Waals surface area contributed by atoms with E-state index in [-0.39, 0.29) is 43.4 Å². The molecule has 1 aromatic rings. The van der Waals surface area contributed by atoms with Crippen LogP contribution in [-0.4, -0.2) is 53.3 Å². The molecule has 1 aliphatic rings. The molecule has 0 aliphatic carbocycles. The predicted molar refractivity (Wildman–Crippen MR) is 89.9 cm³/mol. The summed E-state index contributed by atoms with van der Waals surface area (Å²) < 4.78 is 0. The van der Waals surface area contributed by atoms with Crippen molar-refractivity contribution in [3.63, 3.8) is 0 Å². The van der Waals surface area contributed by atoms with Crippen LogP contribution in [0.25, 0.3) is 0 Å². The van der Waals surface area contributed by atoms with Crippen molar-refractivity contribution in [1.29, 1.82) is 0 Å². The highest BCUT2D eigenvalue weighted by Gasteiger charge is 2.34. The maximum absolute atomic E-state index is 12.3. The molecule has 0 radical (unpaired) electrons. The van der Waals surface area contributed by atoms with Gasteiger partial charge in [0.15, 0.2) is 0 Å². The van der Waals surface area contributed by atoms with Gasteiger partial charge < -0.3 is 16.0 Å². The van der Waals surface area contributed by atoms with Crippen LogP contribution in [0.15, 0.2) is 30.3 Å². The molecular weight excluding hydrogens is 308 g/mol. The second-order valence-electron chi connectivity index (χ2n) is 5.94. The number of rotatable bonds is 5. The molecule has 0 spiro atoms. The number of benzene rings is 1. The van der Waals surface area contributed by atoms with E-state index in [9.17, 15) is 14.4 Å². The molecule has 2 unspecified atom stereocenters. The van der Waals surface area contributed by atoms with Gasteiger partial charge in [0.2, 0.25) is 11.8 Å². The summed E-state index contributed by atoms with van der Waals surface area (Å²) in [6.45, 7) is 4.07. The fraction of sp³-hybridized carbons (Fsp3) is 0.471. The molecule has 130 valence electrons. The smallest absolute Gasteiger partial charge is 0.324 e. The molecule has 1 aliphatic heterocycles. The minimum absolute atomic E-state index is 0.00940. The quantitative estimate of drug-likeness (QED) is 0.836. The molecule has 0 bridgehead atoms. The van der Waals surface area contributed by atoms with Gasteiger partial charge in [0.25, 0.3) is 0 Å². The number of carbonyl (C=O) groups is 3. The molecule has 1 heterocycles. The lowest BCUT2D eigenvalue weighted by Gasteiger charge is -2.26. The Bertz CT molecular complexity index is 605. The third-order valence-corrected chi connectivity index (χ3v) is 4.21. The van der Waals surface area contributed by atoms with Crippen LogP contribution < -0.4 is 11.1 Å². The maximum Gasteiger partial charge on any atom is 0.324 e. The average molecular weight is 332 g/mol. The number of hydrogen-bond donors (Lipinski definition) is 2. The van der Waals surface area contributed by atoms with Gasteiger partial charge in [-0.15, -0.1) is 0 Å². The number of nitrogens with one attached hydrogen (secondary N) is 1. The Morgan fingerprint density at radius 2 is 2.04 bits per heavy atom. The van der Waals surface area contributed by atoms with E-state index in [4.69, 9.17) is 5.73 Å². The Morgan fingerprint density at radius 3 is 2.62 bits per heavy atom. The van der Waals surface area contributed by atoms with Gasteiger partial charge in [0, 0.05) is 33.0 Å². The monoisotopic (exact) mass is 332 g/mol. The van der Waals surface area contributed by atoms with E-state index in [1.807, 2.05) is 37.3 Å². The number of nitrogens with zero attached hydrogens (tertiary/aromatic N) is 2. The summed E-state index contributed by atoms with van der Waals surface area (Å²) in [6, 6.07) is 8.88. The molecular formula is C17H24N4O3. The third-order valence-electron chi connectivity index (χ3n) is 4.21. The lowest BCUT2D eigenvalue weighted by molar-refractivity contribution is -0.129. The van der Waals surface area contributed by atoms with Crippen LogP contribution in [0.1, 0.15) is 31.9 Å². The second kappa shape index (κ2) is 7.92. The Balaban J connectivity index is 1.99. The summed E-state index contributed by atoms with van der Waals surface area (Å²) in [5.41, 5.74) is 6.47. The molecule has 2 atom stereocenters. The van der Waals surface area contributed by atoms with Crippen molar-refractivity contribution in [2.45, 2.75) is 32.4 Å². The van der Waals surface area contributed by atoms with Crippen LogP contribution in [0.2, 0.25) is 0 Å². The summed E-state index contributed by atoms with van der Waals surface area (Å²) in [5, 5.41) is 2.76. The van der Waals surface area contributed by atoms with E-state index in [1.165, 1.54) is 6.92 Å². The molecule has 24 heavy (non-hydrogen) atoms. The van der Waals surface area contributed by atoms with Crippen molar-refractivity contribution in [3.8, 4) is 0 Å². The largest absolute Gasteiger partial charge is 0.334 e. The van der Waals surface area contributed by atoms with E-state index < -0.39 is 6.03 Å². The summed E-state index contributed by atoms with van der Waals surface area (Å²) in [4.78, 5) is 38.8. The van der Waals surface area contributed by atoms with Crippen molar-refractivity contribution in [3.05, 3.63) is 35.9 Å². The highest BCUT2D eigenvalue weighted by atomic mass is 16.2. The summed E-state index contributed by atoms with van der Waals surface area (Å²) in [7, 11) is 0. The number of carbonyl (C=O) groups excluding carboxylic acids is 3. The van der Waals surface area contributed by atoms with E-state index in [2.05, 4.69) is 5.32 Å². The Hall–Kier alpha value is -2.41. The number of likely N-dealkylation sites (tertiary alicyclic amines) is 1. The van der Waals surface area contributed by atoms with Gasteiger partial charge in [-0.3, -0.25) is 14.5 Å². The van der Waals surface area contributed by atoms with E-state index >= 15 is 0 Å². The molecule has 0 aromatic heterocycles. The molecule has 4 amide bonds. The van der Waals surface area contributed by atoms with Gasteiger partial charge in [0.1, 0.15) is 0 Å². The van der Waals surface area contributed by atoms with E-state index in [1.54, 1.807) is 4.90 Å². The molecule has 3 N–H and O–H groups in total. The first-order valence-corrected chi connectivity index (χ1v) is 8.07. The normalized spacial score (nSPS) is 18.4. The van der Waals surface area contributed by atoms with Crippen molar-refractivity contribution < 1.29 is 14.4 Å². The molecule has 2 rings (SSSR count). The average Bonchev–Trinajstić information content (AvgIpc) is 2.92. The molecule has 7 nitrogen and oxygen atoms in total. The first-order chi connectivity index (χ1) is 11.4. The second-order valence-corrected chi connectivity index (χ2v) is 5.94. The van der Waals surface area contributed by atoms with Crippen LogP contribution in [-0.2, 0) is 9.59 Å². The van der Waals surface area contributed by atoms with E-state index in [0.29, 0.717) is 6.54 Å². The number of amides is 4. The van der Waals surface area contributed by atoms with Crippen LogP contribution >= 0.6 is 0 Å². The number of imide groups is 1. The molecule has 7 heteroatoms. The highest BCUT2D eigenvalue weighted by molar-refractivity contribution is 5.93. The third kappa shape index (κ3) is 4.11. The lowest BCUT2D eigenvalue weighted by Crippen LogP contribution is -2.49. The Morgan fingerprint density at radius 1 is 1.38 bits per heavy atom. The van der Waals surface area contributed by atoms with Gasteiger partial charge >= 0.3 is 6.03 Å². The topological polar surface area (TPSA) is 95.7 Å². The lowest BCUT2D eigenvalue weighted by atomic mass is 10.1. The first kappa shape index (κ1) is 17.9. The van der Waals surface area contributed by atoms with Crippen molar-refractivity contribution in [2.24, 2.45) is 5.73 Å². The summed E-state index contributed by atoms with van der Waals surface area (Å²) in [6.07, 6.45) is 0.233. The summed E-state index contributed by atoms with van der Waals surface area (Å²) >= 11 is 0.